The Labute approximate surface area is 148 Å². The Morgan fingerprint density at radius 3 is 2.12 bits per heavy atom. The van der Waals surface area contributed by atoms with Crippen LogP contribution in [0.1, 0.15) is 12.8 Å². The van der Waals surface area contributed by atoms with Gasteiger partial charge in [0.1, 0.15) is 5.69 Å². The minimum atomic E-state index is -2.85. The second-order valence-corrected chi connectivity index (χ2v) is 8.19. The molecule has 1 rings (SSSR count). The highest BCUT2D eigenvalue weighted by Crippen LogP contribution is 2.25. The zero-order chi connectivity index (χ0) is 19.9. The van der Waals surface area contributed by atoms with Crippen LogP contribution in [-0.2, 0) is 13.3 Å². The van der Waals surface area contributed by atoms with E-state index in [9.17, 15) is 26.9 Å². The maximum absolute atomic E-state index is 13.8. The molecule has 0 atom stereocenters. The standard InChI is InChI=1S/C14H19F5N2O4Si/c1-23-26(24-2,25-3)9-5-4-8-20(18)14(22)21(19)11-7-6-10(15)12(16)13(11)17/h6-7H,4-5,8-9H2,1-3H3. The molecule has 0 N–H and O–H groups in total. The average molecular weight is 402 g/mol. The van der Waals surface area contributed by atoms with Crippen molar-refractivity contribution in [1.29, 1.82) is 0 Å². The average Bonchev–Trinajstić information content (AvgIpc) is 2.65. The number of urea groups is 1. The van der Waals surface area contributed by atoms with E-state index < -0.39 is 54.8 Å². The van der Waals surface area contributed by atoms with Gasteiger partial charge in [0.25, 0.3) is 0 Å². The van der Waals surface area contributed by atoms with Crippen LogP contribution in [0.25, 0.3) is 0 Å². The molecular weight excluding hydrogens is 383 g/mol. The van der Waals surface area contributed by atoms with Crippen molar-refractivity contribution in [3.05, 3.63) is 29.6 Å². The summed E-state index contributed by atoms with van der Waals surface area (Å²) in [5.74, 6) is -5.47. The van der Waals surface area contributed by atoms with Gasteiger partial charge >= 0.3 is 14.8 Å². The SMILES string of the molecule is CO[Si](CCCCN(F)C(=O)N(F)c1ccc(F)c(F)c1F)(OC)OC. The second-order valence-electron chi connectivity index (χ2n) is 5.10. The topological polar surface area (TPSA) is 51.2 Å². The van der Waals surface area contributed by atoms with Gasteiger partial charge in [0.15, 0.2) is 17.5 Å². The Hall–Kier alpha value is -1.76. The fourth-order valence-electron chi connectivity index (χ4n) is 2.11. The summed E-state index contributed by atoms with van der Waals surface area (Å²) in [6.45, 7) is -0.522. The predicted molar refractivity (Wildman–Crippen MR) is 83.9 cm³/mol. The molecule has 26 heavy (non-hydrogen) atoms. The first kappa shape index (κ1) is 22.3. The Morgan fingerprint density at radius 1 is 1.00 bits per heavy atom. The minimum absolute atomic E-state index is 0.0984. The Balaban J connectivity index is 2.61. The number of unbranched alkanes of at least 4 members (excludes halogenated alkanes) is 1. The molecule has 0 fully saturated rings. The second kappa shape index (κ2) is 9.80. The quantitative estimate of drug-likeness (QED) is 0.208. The van der Waals surface area contributed by atoms with Gasteiger partial charge in [-0.15, -0.1) is 5.12 Å². The van der Waals surface area contributed by atoms with E-state index in [1.165, 1.54) is 21.3 Å². The first-order valence-electron chi connectivity index (χ1n) is 7.45. The lowest BCUT2D eigenvalue weighted by molar-refractivity contribution is 0.0613. The van der Waals surface area contributed by atoms with Crippen LogP contribution in [0.2, 0.25) is 6.04 Å². The smallest absolute Gasteiger partial charge is 0.377 e. The monoisotopic (exact) mass is 402 g/mol. The molecule has 6 nitrogen and oxygen atoms in total. The van der Waals surface area contributed by atoms with E-state index >= 15 is 0 Å². The number of carbonyl (C=O) groups is 1. The third-order valence-electron chi connectivity index (χ3n) is 3.62. The molecule has 0 aliphatic carbocycles. The molecule has 12 heteroatoms. The van der Waals surface area contributed by atoms with Gasteiger partial charge in [0.05, 0.1) is 6.54 Å². The molecule has 0 bridgehead atoms. The molecular formula is C14H19F5N2O4Si. The number of rotatable bonds is 9. The summed E-state index contributed by atoms with van der Waals surface area (Å²) in [6, 6.07) is -0.644. The van der Waals surface area contributed by atoms with E-state index in [1.807, 2.05) is 0 Å². The molecule has 1 aromatic rings. The van der Waals surface area contributed by atoms with Crippen LogP contribution in [0.3, 0.4) is 0 Å². The lowest BCUT2D eigenvalue weighted by Crippen LogP contribution is -2.42. The van der Waals surface area contributed by atoms with Crippen molar-refractivity contribution < 1.29 is 40.2 Å². The van der Waals surface area contributed by atoms with Gasteiger partial charge in [-0.3, -0.25) is 0 Å². The van der Waals surface area contributed by atoms with Crippen LogP contribution in [0.15, 0.2) is 12.1 Å². The summed E-state index contributed by atoms with van der Waals surface area (Å²) in [6.07, 6.45) is 0.433. The molecule has 0 saturated carbocycles. The molecule has 0 aliphatic rings. The zero-order valence-electron chi connectivity index (χ0n) is 14.4. The molecule has 2 amide bonds. The normalized spacial score (nSPS) is 11.5. The van der Waals surface area contributed by atoms with Crippen LogP contribution >= 0.6 is 0 Å². The molecule has 0 saturated heterocycles. The Kier molecular flexibility index (Phi) is 8.40. The molecule has 1 aromatic carbocycles. The van der Waals surface area contributed by atoms with E-state index in [1.54, 1.807) is 0 Å². The highest BCUT2D eigenvalue weighted by Gasteiger charge is 2.37. The van der Waals surface area contributed by atoms with Crippen molar-refractivity contribution in [3.8, 4) is 0 Å². The third kappa shape index (κ3) is 5.12. The molecule has 148 valence electrons. The maximum atomic E-state index is 13.8. The molecule has 0 spiro atoms. The Morgan fingerprint density at radius 2 is 1.58 bits per heavy atom. The van der Waals surface area contributed by atoms with Gasteiger partial charge in [0, 0.05) is 27.4 Å². The van der Waals surface area contributed by atoms with Crippen LogP contribution < -0.4 is 5.12 Å². The first-order chi connectivity index (χ1) is 12.2. The van der Waals surface area contributed by atoms with Crippen molar-refractivity contribution >= 4 is 20.5 Å². The van der Waals surface area contributed by atoms with Crippen molar-refractivity contribution in [2.75, 3.05) is 33.0 Å². The number of anilines is 1. The lowest BCUT2D eigenvalue weighted by atomic mass is 10.3. The summed E-state index contributed by atoms with van der Waals surface area (Å²) >= 11 is 0. The molecule has 0 heterocycles. The van der Waals surface area contributed by atoms with Gasteiger partial charge in [-0.05, 0) is 25.0 Å². The summed E-state index contributed by atoms with van der Waals surface area (Å²) in [5.41, 5.74) is -1.24. The van der Waals surface area contributed by atoms with E-state index in [0.717, 1.165) is 0 Å². The number of carbonyl (C=O) groups excluding carboxylic acids is 1. The lowest BCUT2D eigenvalue weighted by Gasteiger charge is -2.24. The van der Waals surface area contributed by atoms with Gasteiger partial charge in [0.2, 0.25) is 0 Å². The number of amides is 2. The van der Waals surface area contributed by atoms with Crippen LogP contribution in [0.4, 0.5) is 32.6 Å². The van der Waals surface area contributed by atoms with Crippen molar-refractivity contribution in [2.45, 2.75) is 18.9 Å². The van der Waals surface area contributed by atoms with Crippen LogP contribution in [0.5, 0.6) is 0 Å². The molecule has 0 aromatic heterocycles. The van der Waals surface area contributed by atoms with E-state index in [0.29, 0.717) is 24.6 Å². The van der Waals surface area contributed by atoms with Crippen molar-refractivity contribution in [2.24, 2.45) is 0 Å². The number of hydrogen-bond donors (Lipinski definition) is 0. The van der Waals surface area contributed by atoms with Crippen LogP contribution in [-0.4, -0.2) is 47.8 Å². The van der Waals surface area contributed by atoms with Crippen molar-refractivity contribution in [3.63, 3.8) is 0 Å². The third-order valence-corrected chi connectivity index (χ3v) is 6.45. The van der Waals surface area contributed by atoms with Gasteiger partial charge in [-0.2, -0.15) is 5.12 Å². The zero-order valence-corrected chi connectivity index (χ0v) is 15.4. The molecule has 0 unspecified atom stereocenters. The number of nitrogens with zero attached hydrogens (tertiary/aromatic N) is 2. The van der Waals surface area contributed by atoms with Gasteiger partial charge in [-0.1, -0.05) is 8.96 Å². The van der Waals surface area contributed by atoms with E-state index in [-0.39, 0.29) is 6.42 Å². The van der Waals surface area contributed by atoms with Gasteiger partial charge in [-0.25, -0.2) is 18.0 Å². The largest absolute Gasteiger partial charge is 0.500 e. The summed E-state index contributed by atoms with van der Waals surface area (Å²) < 4.78 is 82.4. The molecule has 0 radical (unpaired) electrons. The summed E-state index contributed by atoms with van der Waals surface area (Å²) in [4.78, 5) is 11.6. The minimum Gasteiger partial charge on any atom is -0.377 e. The highest BCUT2D eigenvalue weighted by molar-refractivity contribution is 6.60. The molecule has 0 aliphatic heterocycles. The van der Waals surface area contributed by atoms with E-state index in [4.69, 9.17) is 13.3 Å². The number of hydrogen-bond acceptors (Lipinski definition) is 4. The number of halogens is 5. The maximum Gasteiger partial charge on any atom is 0.500 e. The fourth-order valence-corrected chi connectivity index (χ4v) is 3.90. The predicted octanol–water partition coefficient (Wildman–Crippen LogP) is 3.76. The summed E-state index contributed by atoms with van der Waals surface area (Å²) in [5, 5.41) is -1.44. The summed E-state index contributed by atoms with van der Waals surface area (Å²) in [7, 11) is 1.37. The van der Waals surface area contributed by atoms with Crippen LogP contribution in [0, 0.1) is 17.5 Å². The first-order valence-corrected chi connectivity index (χ1v) is 9.38. The van der Waals surface area contributed by atoms with Crippen molar-refractivity contribution in [1.82, 2.24) is 5.12 Å². The van der Waals surface area contributed by atoms with E-state index in [2.05, 4.69) is 0 Å². The number of benzene rings is 1. The fraction of sp³-hybridized carbons (Fsp3) is 0.500. The Bertz CT molecular complexity index is 613. The highest BCUT2D eigenvalue weighted by atomic mass is 28.4. The van der Waals surface area contributed by atoms with Gasteiger partial charge < -0.3 is 13.3 Å².